The van der Waals surface area contributed by atoms with Gasteiger partial charge in [0.2, 0.25) is 0 Å². The lowest BCUT2D eigenvalue weighted by atomic mass is 9.81. The van der Waals surface area contributed by atoms with E-state index in [0.717, 1.165) is 36.9 Å². The second-order valence-corrected chi connectivity index (χ2v) is 9.84. The molecule has 1 saturated carbocycles. The van der Waals surface area contributed by atoms with Gasteiger partial charge in [-0.3, -0.25) is 4.79 Å². The van der Waals surface area contributed by atoms with E-state index in [4.69, 9.17) is 4.74 Å². The van der Waals surface area contributed by atoms with Crippen molar-refractivity contribution in [1.82, 2.24) is 14.5 Å². The Labute approximate surface area is 201 Å². The van der Waals surface area contributed by atoms with Gasteiger partial charge in [-0.15, -0.1) is 0 Å². The highest BCUT2D eigenvalue weighted by molar-refractivity contribution is 5.93. The van der Waals surface area contributed by atoms with E-state index in [1.807, 2.05) is 36.8 Å². The molecule has 1 aromatic heterocycles. The molecule has 1 fully saturated rings. The van der Waals surface area contributed by atoms with E-state index in [2.05, 4.69) is 33.8 Å². The molecule has 2 aliphatic rings. The average molecular weight is 460 g/mol. The molecule has 3 aromatic rings. The van der Waals surface area contributed by atoms with Crippen LogP contribution in [-0.4, -0.2) is 51.8 Å². The number of hydrogen-bond donors (Lipinski definition) is 1. The van der Waals surface area contributed by atoms with Gasteiger partial charge in [0.05, 0.1) is 43.1 Å². The molecule has 6 nitrogen and oxygen atoms in total. The number of rotatable bonds is 7. The summed E-state index contributed by atoms with van der Waals surface area (Å²) in [6, 6.07) is 16.3. The molecule has 2 heterocycles. The Morgan fingerprint density at radius 2 is 1.85 bits per heavy atom. The van der Waals surface area contributed by atoms with Gasteiger partial charge in [-0.2, -0.15) is 0 Å². The third kappa shape index (κ3) is 4.52. The third-order valence-corrected chi connectivity index (χ3v) is 7.42. The van der Waals surface area contributed by atoms with Crippen molar-refractivity contribution in [3.8, 4) is 11.3 Å². The quantitative estimate of drug-likeness (QED) is 0.557. The minimum Gasteiger partial charge on any atom is -0.393 e. The first kappa shape index (κ1) is 22.8. The molecule has 1 amide bonds. The lowest BCUT2D eigenvalue weighted by molar-refractivity contribution is -0.0160. The van der Waals surface area contributed by atoms with Crippen molar-refractivity contribution >= 4 is 5.91 Å². The number of hydrogen-bond acceptors (Lipinski definition) is 4. The lowest BCUT2D eigenvalue weighted by Crippen LogP contribution is -2.30. The maximum atomic E-state index is 12.0. The smallest absolute Gasteiger partial charge is 0.253 e. The van der Waals surface area contributed by atoms with Crippen LogP contribution in [0.1, 0.15) is 59.6 Å². The highest BCUT2D eigenvalue weighted by Crippen LogP contribution is 2.42. The molecule has 1 N–H and O–H groups in total. The molecule has 0 saturated heterocycles. The lowest BCUT2D eigenvalue weighted by Gasteiger charge is -2.32. The Morgan fingerprint density at radius 3 is 2.59 bits per heavy atom. The summed E-state index contributed by atoms with van der Waals surface area (Å²) in [7, 11) is 3.52. The number of amides is 1. The van der Waals surface area contributed by atoms with Gasteiger partial charge in [0.15, 0.2) is 0 Å². The molecular formula is C28H33N3O3. The van der Waals surface area contributed by atoms with E-state index in [1.165, 1.54) is 11.1 Å². The standard InChI is InChI=1S/C28H33N3O3/c1-30(2)28(33)21-9-7-19(8-10-21)17-34-22-13-11-20(12-14-22)27(32)15-25-23-5-3-4-6-24(23)26-16-29-18-31(25)26/h3-10,16,18,20,22,25,27,32H,11-15,17H2,1-2H3/t20-,22-,25?,27?. The Kier molecular flexibility index (Phi) is 6.53. The van der Waals surface area contributed by atoms with Crippen molar-refractivity contribution in [3.63, 3.8) is 0 Å². The third-order valence-electron chi connectivity index (χ3n) is 7.42. The number of imidazole rings is 1. The topological polar surface area (TPSA) is 67.6 Å². The Hall–Kier alpha value is -2.96. The monoisotopic (exact) mass is 459 g/mol. The van der Waals surface area contributed by atoms with Gasteiger partial charge < -0.3 is 19.3 Å². The van der Waals surface area contributed by atoms with E-state index >= 15 is 0 Å². The van der Waals surface area contributed by atoms with Crippen LogP contribution >= 0.6 is 0 Å². The van der Waals surface area contributed by atoms with Gasteiger partial charge in [-0.05, 0) is 61.3 Å². The van der Waals surface area contributed by atoms with E-state index in [0.29, 0.717) is 24.5 Å². The van der Waals surface area contributed by atoms with E-state index in [1.54, 1.807) is 19.0 Å². The highest BCUT2D eigenvalue weighted by atomic mass is 16.5. The zero-order valence-corrected chi connectivity index (χ0v) is 19.9. The zero-order valence-electron chi connectivity index (χ0n) is 19.9. The van der Waals surface area contributed by atoms with Crippen LogP contribution in [0, 0.1) is 5.92 Å². The number of ether oxygens (including phenoxy) is 1. The number of carbonyl (C=O) groups excluding carboxylic acids is 1. The molecule has 1 aliphatic carbocycles. The SMILES string of the molecule is CN(C)C(=O)c1ccc(CO[C@H]2CC[C@H](C(O)CC3c4ccccc4-c4cncn43)CC2)cc1. The fraction of sp³-hybridized carbons (Fsp3) is 0.429. The van der Waals surface area contributed by atoms with Crippen LogP contribution in [0.3, 0.4) is 0 Å². The molecule has 5 rings (SSSR count). The van der Waals surface area contributed by atoms with Gasteiger partial charge in [0.25, 0.3) is 5.91 Å². The Morgan fingerprint density at radius 1 is 1.12 bits per heavy atom. The summed E-state index contributed by atoms with van der Waals surface area (Å²) in [5, 5.41) is 11.1. The molecule has 0 spiro atoms. The van der Waals surface area contributed by atoms with Crippen LogP contribution in [0.2, 0.25) is 0 Å². The fourth-order valence-corrected chi connectivity index (χ4v) is 5.45. The van der Waals surface area contributed by atoms with E-state index in [-0.39, 0.29) is 24.2 Å². The molecule has 1 aliphatic heterocycles. The normalized spacial score (nSPS) is 22.1. The first-order valence-corrected chi connectivity index (χ1v) is 12.2. The highest BCUT2D eigenvalue weighted by Gasteiger charge is 2.33. The predicted octanol–water partition coefficient (Wildman–Crippen LogP) is 4.68. The minimum atomic E-state index is -0.339. The minimum absolute atomic E-state index is 0.00898. The number of aliphatic hydroxyl groups is 1. The van der Waals surface area contributed by atoms with Crippen molar-refractivity contribution in [3.05, 3.63) is 77.7 Å². The summed E-state index contributed by atoms with van der Waals surface area (Å²) >= 11 is 0. The summed E-state index contributed by atoms with van der Waals surface area (Å²) in [4.78, 5) is 17.9. The van der Waals surface area contributed by atoms with Gasteiger partial charge in [0.1, 0.15) is 0 Å². The largest absolute Gasteiger partial charge is 0.393 e. The number of carbonyl (C=O) groups is 1. The number of aliphatic hydroxyl groups excluding tert-OH is 1. The van der Waals surface area contributed by atoms with Gasteiger partial charge in [-0.1, -0.05) is 36.4 Å². The number of fused-ring (bicyclic) bond motifs is 3. The summed E-state index contributed by atoms with van der Waals surface area (Å²) < 4.78 is 8.38. The molecule has 2 aromatic carbocycles. The maximum Gasteiger partial charge on any atom is 0.253 e. The number of nitrogens with zero attached hydrogens (tertiary/aromatic N) is 3. The van der Waals surface area contributed by atoms with Gasteiger partial charge >= 0.3 is 0 Å². The second kappa shape index (κ2) is 9.72. The first-order chi connectivity index (χ1) is 16.5. The van der Waals surface area contributed by atoms with Crippen molar-refractivity contribution in [1.29, 1.82) is 0 Å². The molecule has 34 heavy (non-hydrogen) atoms. The van der Waals surface area contributed by atoms with Crippen LogP contribution in [0.25, 0.3) is 11.3 Å². The van der Waals surface area contributed by atoms with Crippen molar-refractivity contribution in [2.24, 2.45) is 5.92 Å². The van der Waals surface area contributed by atoms with Crippen LogP contribution in [0.15, 0.2) is 61.1 Å². The molecule has 178 valence electrons. The van der Waals surface area contributed by atoms with Crippen molar-refractivity contribution in [2.75, 3.05) is 14.1 Å². The van der Waals surface area contributed by atoms with E-state index < -0.39 is 0 Å². The molecule has 0 bridgehead atoms. The van der Waals surface area contributed by atoms with Crippen molar-refractivity contribution in [2.45, 2.75) is 57.0 Å². The van der Waals surface area contributed by atoms with Crippen LogP contribution in [0.5, 0.6) is 0 Å². The summed E-state index contributed by atoms with van der Waals surface area (Å²) in [6.07, 6.45) is 8.30. The molecule has 6 heteroatoms. The Bertz CT molecular complexity index is 1130. The van der Waals surface area contributed by atoms with Crippen molar-refractivity contribution < 1.29 is 14.6 Å². The van der Waals surface area contributed by atoms with Crippen LogP contribution in [0.4, 0.5) is 0 Å². The van der Waals surface area contributed by atoms with Crippen LogP contribution in [-0.2, 0) is 11.3 Å². The summed E-state index contributed by atoms with van der Waals surface area (Å²) in [6.45, 7) is 0.552. The van der Waals surface area contributed by atoms with Gasteiger partial charge in [0, 0.05) is 25.2 Å². The summed E-state index contributed by atoms with van der Waals surface area (Å²) in [5.41, 5.74) is 5.43. The summed E-state index contributed by atoms with van der Waals surface area (Å²) in [5.74, 6) is 0.311. The Balaban J connectivity index is 1.12. The number of benzene rings is 2. The fourth-order valence-electron chi connectivity index (χ4n) is 5.45. The average Bonchev–Trinajstić information content (AvgIpc) is 3.45. The zero-order chi connectivity index (χ0) is 23.7. The molecule has 0 radical (unpaired) electrons. The van der Waals surface area contributed by atoms with Crippen LogP contribution < -0.4 is 0 Å². The second-order valence-electron chi connectivity index (χ2n) is 9.84. The first-order valence-electron chi connectivity index (χ1n) is 12.2. The maximum absolute atomic E-state index is 12.0. The molecule has 2 unspecified atom stereocenters. The predicted molar refractivity (Wildman–Crippen MR) is 131 cm³/mol. The van der Waals surface area contributed by atoms with Gasteiger partial charge in [-0.25, -0.2) is 4.98 Å². The van der Waals surface area contributed by atoms with E-state index in [9.17, 15) is 9.90 Å². The molecular weight excluding hydrogens is 426 g/mol. The molecule has 2 atom stereocenters. The number of aromatic nitrogens is 2.